The van der Waals surface area contributed by atoms with Crippen LogP contribution in [0.4, 0.5) is 0 Å². The maximum Gasteiger partial charge on any atom is 0.331 e. The van der Waals surface area contributed by atoms with Crippen LogP contribution in [0.15, 0.2) is 36.5 Å². The van der Waals surface area contributed by atoms with Gasteiger partial charge in [-0.3, -0.25) is 9.78 Å². The fraction of sp³-hybridized carbons (Fsp3) is 0.520. The zero-order valence-corrected chi connectivity index (χ0v) is 18.0. The lowest BCUT2D eigenvalue weighted by atomic mass is 9.88. The van der Waals surface area contributed by atoms with E-state index in [1.54, 1.807) is 12.3 Å². The van der Waals surface area contributed by atoms with Crippen molar-refractivity contribution in [3.63, 3.8) is 0 Å². The van der Waals surface area contributed by atoms with Crippen molar-refractivity contribution in [3.05, 3.63) is 42.2 Å². The van der Waals surface area contributed by atoms with Gasteiger partial charge >= 0.3 is 5.97 Å². The molecule has 2 saturated carbocycles. The third kappa shape index (κ3) is 5.69. The standard InChI is InChI=1S/C25H31N3O3/c29-24(28(20-9-3-1-4-10-20)21-11-5-2-6-12-21)18-31-25(30)16-15-19-17-26-22-13-7-8-14-23(22)27-19/h7-8,13-17,20-21H,1-6,9-12,18H2. The van der Waals surface area contributed by atoms with E-state index in [1.807, 2.05) is 24.3 Å². The first kappa shape index (κ1) is 21.5. The topological polar surface area (TPSA) is 72.4 Å². The molecular weight excluding hydrogens is 390 g/mol. The van der Waals surface area contributed by atoms with Gasteiger partial charge in [0.15, 0.2) is 6.61 Å². The fourth-order valence-corrected chi connectivity index (χ4v) is 4.88. The van der Waals surface area contributed by atoms with Gasteiger partial charge in [-0.2, -0.15) is 0 Å². The summed E-state index contributed by atoms with van der Waals surface area (Å²) in [5.74, 6) is -0.582. The first-order valence-corrected chi connectivity index (χ1v) is 11.6. The first-order chi connectivity index (χ1) is 15.2. The van der Waals surface area contributed by atoms with Crippen LogP contribution in [0.1, 0.15) is 69.9 Å². The van der Waals surface area contributed by atoms with Crippen molar-refractivity contribution >= 4 is 29.0 Å². The molecule has 2 fully saturated rings. The van der Waals surface area contributed by atoms with Gasteiger partial charge in [0.05, 0.1) is 22.9 Å². The number of para-hydroxylation sites is 2. The highest BCUT2D eigenvalue weighted by atomic mass is 16.5. The number of benzene rings is 1. The number of amides is 1. The molecule has 4 rings (SSSR count). The van der Waals surface area contributed by atoms with Crippen LogP contribution in [-0.2, 0) is 14.3 Å². The van der Waals surface area contributed by atoms with E-state index in [4.69, 9.17) is 4.74 Å². The summed E-state index contributed by atoms with van der Waals surface area (Å²) in [5, 5.41) is 0. The molecule has 2 aliphatic rings. The number of fused-ring (bicyclic) bond motifs is 1. The molecule has 0 saturated heterocycles. The molecule has 1 amide bonds. The van der Waals surface area contributed by atoms with E-state index >= 15 is 0 Å². The van der Waals surface area contributed by atoms with E-state index in [-0.39, 0.29) is 12.5 Å². The van der Waals surface area contributed by atoms with Gasteiger partial charge in [0.25, 0.3) is 5.91 Å². The normalized spacial score (nSPS) is 18.3. The molecule has 1 aromatic carbocycles. The van der Waals surface area contributed by atoms with Crippen LogP contribution in [0.25, 0.3) is 17.1 Å². The second kappa shape index (κ2) is 10.5. The largest absolute Gasteiger partial charge is 0.452 e. The number of ether oxygens (including phenoxy) is 1. The van der Waals surface area contributed by atoms with Crippen molar-refractivity contribution in [2.45, 2.75) is 76.3 Å². The number of hydrogen-bond acceptors (Lipinski definition) is 5. The Balaban J connectivity index is 1.35. The van der Waals surface area contributed by atoms with Gasteiger partial charge in [0.2, 0.25) is 0 Å². The van der Waals surface area contributed by atoms with Crippen LogP contribution in [-0.4, -0.2) is 45.4 Å². The molecule has 0 unspecified atom stereocenters. The van der Waals surface area contributed by atoms with Gasteiger partial charge in [-0.15, -0.1) is 0 Å². The fourth-order valence-electron chi connectivity index (χ4n) is 4.88. The molecule has 0 N–H and O–H groups in total. The summed E-state index contributed by atoms with van der Waals surface area (Å²) in [5.41, 5.74) is 2.15. The molecule has 2 aliphatic carbocycles. The lowest BCUT2D eigenvalue weighted by Gasteiger charge is -2.41. The van der Waals surface area contributed by atoms with Gasteiger partial charge in [-0.25, -0.2) is 9.78 Å². The van der Waals surface area contributed by atoms with Crippen LogP contribution in [0.5, 0.6) is 0 Å². The monoisotopic (exact) mass is 421 g/mol. The minimum absolute atomic E-state index is 0.0500. The predicted octanol–water partition coefficient (Wildman–Crippen LogP) is 4.68. The molecule has 0 aliphatic heterocycles. The van der Waals surface area contributed by atoms with Gasteiger partial charge in [-0.05, 0) is 43.9 Å². The summed E-state index contributed by atoms with van der Waals surface area (Å²) in [7, 11) is 0. The number of carbonyl (C=O) groups excluding carboxylic acids is 2. The minimum Gasteiger partial charge on any atom is -0.452 e. The quantitative estimate of drug-likeness (QED) is 0.500. The Labute approximate surface area is 183 Å². The Morgan fingerprint density at radius 1 is 0.935 bits per heavy atom. The Hall–Kier alpha value is -2.76. The second-order valence-electron chi connectivity index (χ2n) is 8.61. The summed E-state index contributed by atoms with van der Waals surface area (Å²) in [6, 6.07) is 8.17. The van der Waals surface area contributed by atoms with Crippen LogP contribution in [0.3, 0.4) is 0 Å². The Morgan fingerprint density at radius 2 is 1.55 bits per heavy atom. The second-order valence-corrected chi connectivity index (χ2v) is 8.61. The zero-order chi connectivity index (χ0) is 21.5. The SMILES string of the molecule is O=C(C=Cc1cnc2ccccc2n1)OCC(=O)N(C1CCCCC1)C1CCCCC1. The highest BCUT2D eigenvalue weighted by Gasteiger charge is 2.32. The predicted molar refractivity (Wildman–Crippen MR) is 120 cm³/mol. The molecule has 164 valence electrons. The average Bonchev–Trinajstić information content (AvgIpc) is 2.83. The maximum atomic E-state index is 13.1. The van der Waals surface area contributed by atoms with E-state index in [2.05, 4.69) is 14.9 Å². The summed E-state index contributed by atoms with van der Waals surface area (Å²) in [6.45, 7) is -0.195. The van der Waals surface area contributed by atoms with Crippen molar-refractivity contribution in [1.82, 2.24) is 14.9 Å². The summed E-state index contributed by atoms with van der Waals surface area (Å²) < 4.78 is 5.31. The Bertz CT molecular complexity index is 913. The van der Waals surface area contributed by atoms with Crippen molar-refractivity contribution in [3.8, 4) is 0 Å². The molecule has 0 spiro atoms. The molecular formula is C25H31N3O3. The van der Waals surface area contributed by atoms with E-state index in [9.17, 15) is 9.59 Å². The molecule has 0 atom stereocenters. The summed E-state index contributed by atoms with van der Waals surface area (Å²) >= 11 is 0. The summed E-state index contributed by atoms with van der Waals surface area (Å²) in [4.78, 5) is 36.2. The van der Waals surface area contributed by atoms with E-state index in [0.717, 1.165) is 36.7 Å². The zero-order valence-electron chi connectivity index (χ0n) is 18.0. The lowest BCUT2D eigenvalue weighted by molar-refractivity contribution is -0.152. The first-order valence-electron chi connectivity index (χ1n) is 11.6. The number of nitrogens with zero attached hydrogens (tertiary/aromatic N) is 3. The van der Waals surface area contributed by atoms with Crippen molar-refractivity contribution in [1.29, 1.82) is 0 Å². The molecule has 0 bridgehead atoms. The smallest absolute Gasteiger partial charge is 0.331 e. The number of esters is 1. The van der Waals surface area contributed by atoms with E-state index in [1.165, 1.54) is 44.6 Å². The van der Waals surface area contributed by atoms with Crippen LogP contribution >= 0.6 is 0 Å². The molecule has 1 aromatic heterocycles. The highest BCUT2D eigenvalue weighted by Crippen LogP contribution is 2.30. The molecule has 0 radical (unpaired) electrons. The van der Waals surface area contributed by atoms with Crippen LogP contribution < -0.4 is 0 Å². The minimum atomic E-state index is -0.532. The van der Waals surface area contributed by atoms with Crippen LogP contribution in [0, 0.1) is 0 Å². The number of aromatic nitrogens is 2. The third-order valence-electron chi connectivity index (χ3n) is 6.42. The summed E-state index contributed by atoms with van der Waals surface area (Å²) in [6.07, 6.45) is 16.0. The molecule has 6 nitrogen and oxygen atoms in total. The molecule has 31 heavy (non-hydrogen) atoms. The Morgan fingerprint density at radius 3 is 2.19 bits per heavy atom. The maximum absolute atomic E-state index is 13.1. The lowest BCUT2D eigenvalue weighted by Crippen LogP contribution is -2.50. The van der Waals surface area contributed by atoms with E-state index < -0.39 is 5.97 Å². The third-order valence-corrected chi connectivity index (χ3v) is 6.42. The van der Waals surface area contributed by atoms with Gasteiger partial charge in [0.1, 0.15) is 0 Å². The van der Waals surface area contributed by atoms with Gasteiger partial charge < -0.3 is 9.64 Å². The Kier molecular flexibility index (Phi) is 7.28. The number of hydrogen-bond donors (Lipinski definition) is 0. The molecule has 1 heterocycles. The van der Waals surface area contributed by atoms with Gasteiger partial charge in [0, 0.05) is 18.2 Å². The van der Waals surface area contributed by atoms with Crippen LogP contribution in [0.2, 0.25) is 0 Å². The van der Waals surface area contributed by atoms with Crippen molar-refractivity contribution < 1.29 is 14.3 Å². The average molecular weight is 422 g/mol. The van der Waals surface area contributed by atoms with Crippen molar-refractivity contribution in [2.75, 3.05) is 6.61 Å². The van der Waals surface area contributed by atoms with E-state index in [0.29, 0.717) is 17.8 Å². The van der Waals surface area contributed by atoms with Gasteiger partial charge in [-0.1, -0.05) is 50.7 Å². The number of rotatable bonds is 6. The number of carbonyl (C=O) groups is 2. The molecule has 6 heteroatoms. The molecule has 2 aromatic rings. The van der Waals surface area contributed by atoms with Crippen molar-refractivity contribution in [2.24, 2.45) is 0 Å². The highest BCUT2D eigenvalue weighted by molar-refractivity contribution is 5.89.